The molecule has 156 valence electrons. The highest BCUT2D eigenvalue weighted by Gasteiger charge is 2.31. The Morgan fingerprint density at radius 1 is 1.13 bits per heavy atom. The summed E-state index contributed by atoms with van der Waals surface area (Å²) in [4.78, 5) is 24.1. The number of nitrogens with two attached hydrogens (primary N) is 1. The van der Waals surface area contributed by atoms with Crippen LogP contribution in [0.2, 0.25) is 0 Å². The van der Waals surface area contributed by atoms with Crippen molar-refractivity contribution >= 4 is 22.6 Å². The topological polar surface area (TPSA) is 101 Å². The predicted molar refractivity (Wildman–Crippen MR) is 121 cm³/mol. The lowest BCUT2D eigenvalue weighted by Crippen LogP contribution is -2.29. The molecule has 7 nitrogen and oxygen atoms in total. The number of likely N-dealkylation sites (tertiary alicyclic amines) is 1. The van der Waals surface area contributed by atoms with Gasteiger partial charge in [-0.05, 0) is 62.2 Å². The van der Waals surface area contributed by atoms with Gasteiger partial charge in [-0.2, -0.15) is 5.10 Å². The first-order valence-electron chi connectivity index (χ1n) is 10.4. The number of carbonyl (C=O) groups is 1. The first kappa shape index (κ1) is 19.2. The van der Waals surface area contributed by atoms with Crippen molar-refractivity contribution in [2.75, 3.05) is 18.8 Å². The number of nitrogen functional groups attached to an aromatic ring is 1. The van der Waals surface area contributed by atoms with E-state index in [-0.39, 0.29) is 11.8 Å². The third-order valence-electron chi connectivity index (χ3n) is 5.91. The monoisotopic (exact) mass is 412 g/mol. The predicted octanol–water partition coefficient (Wildman–Crippen LogP) is 3.85. The fourth-order valence-electron chi connectivity index (χ4n) is 4.27. The second kappa shape index (κ2) is 7.50. The molecule has 31 heavy (non-hydrogen) atoms. The maximum absolute atomic E-state index is 13.2. The molecule has 1 fully saturated rings. The van der Waals surface area contributed by atoms with Gasteiger partial charge in [-0.1, -0.05) is 11.6 Å². The number of nitrogens with one attached hydrogen (secondary N) is 1. The van der Waals surface area contributed by atoms with Crippen molar-refractivity contribution in [1.82, 2.24) is 25.1 Å². The van der Waals surface area contributed by atoms with Gasteiger partial charge in [0.15, 0.2) is 5.69 Å². The van der Waals surface area contributed by atoms with Crippen molar-refractivity contribution in [2.24, 2.45) is 0 Å². The molecule has 1 aromatic carbocycles. The zero-order valence-electron chi connectivity index (χ0n) is 17.6. The van der Waals surface area contributed by atoms with Gasteiger partial charge < -0.3 is 10.6 Å². The Morgan fingerprint density at radius 3 is 2.81 bits per heavy atom. The van der Waals surface area contributed by atoms with Crippen molar-refractivity contribution in [3.8, 4) is 11.1 Å². The van der Waals surface area contributed by atoms with Crippen LogP contribution in [-0.4, -0.2) is 44.1 Å². The van der Waals surface area contributed by atoms with Gasteiger partial charge in [0, 0.05) is 47.5 Å². The zero-order valence-corrected chi connectivity index (χ0v) is 17.6. The number of benzene rings is 1. The van der Waals surface area contributed by atoms with Gasteiger partial charge in [-0.15, -0.1) is 0 Å². The fourth-order valence-corrected chi connectivity index (χ4v) is 4.27. The van der Waals surface area contributed by atoms with E-state index in [4.69, 9.17) is 10.7 Å². The molecule has 7 heteroatoms. The number of rotatable bonds is 3. The number of hydrogen-bond donors (Lipinski definition) is 2. The molecule has 0 saturated carbocycles. The number of H-pyrrole nitrogens is 1. The number of anilines is 1. The molecule has 0 unspecified atom stereocenters. The number of aromatic amines is 1. The molecule has 1 atom stereocenters. The summed E-state index contributed by atoms with van der Waals surface area (Å²) < 4.78 is 0. The lowest BCUT2D eigenvalue weighted by molar-refractivity contribution is 0.0786. The van der Waals surface area contributed by atoms with Crippen molar-refractivity contribution in [3.63, 3.8) is 0 Å². The summed E-state index contributed by atoms with van der Waals surface area (Å²) >= 11 is 0. The second-order valence-corrected chi connectivity index (χ2v) is 8.25. The SMILES string of the molecule is Cc1ccc2[nH]nc(C(=O)N3CC[C@H](c4cc(-c5ccc(N)nc5)cc(C)n4)C3)c2c1. The molecule has 0 spiro atoms. The second-order valence-electron chi connectivity index (χ2n) is 8.25. The molecule has 5 rings (SSSR count). The number of nitrogens with zero attached hydrogens (tertiary/aromatic N) is 4. The Bertz CT molecular complexity index is 1280. The van der Waals surface area contributed by atoms with Gasteiger partial charge in [-0.3, -0.25) is 14.9 Å². The van der Waals surface area contributed by atoms with E-state index in [1.165, 1.54) is 0 Å². The van der Waals surface area contributed by atoms with Crippen molar-refractivity contribution < 1.29 is 4.79 Å². The number of aromatic nitrogens is 4. The number of hydrogen-bond acceptors (Lipinski definition) is 5. The quantitative estimate of drug-likeness (QED) is 0.532. The van der Waals surface area contributed by atoms with E-state index >= 15 is 0 Å². The Kier molecular flexibility index (Phi) is 4.66. The molecule has 1 aliphatic heterocycles. The number of amides is 1. The van der Waals surface area contributed by atoms with Gasteiger partial charge in [0.05, 0.1) is 5.52 Å². The van der Waals surface area contributed by atoms with Gasteiger partial charge in [-0.25, -0.2) is 4.98 Å². The van der Waals surface area contributed by atoms with Gasteiger partial charge >= 0.3 is 0 Å². The van der Waals surface area contributed by atoms with Crippen LogP contribution in [0.5, 0.6) is 0 Å². The largest absolute Gasteiger partial charge is 0.384 e. The van der Waals surface area contributed by atoms with Crippen LogP contribution in [0.25, 0.3) is 22.0 Å². The molecule has 0 aliphatic carbocycles. The summed E-state index contributed by atoms with van der Waals surface area (Å²) in [5.41, 5.74) is 12.2. The number of pyridine rings is 2. The van der Waals surface area contributed by atoms with E-state index in [9.17, 15) is 4.79 Å². The van der Waals surface area contributed by atoms with E-state index in [1.807, 2.05) is 49.1 Å². The van der Waals surface area contributed by atoms with Crippen LogP contribution in [0.3, 0.4) is 0 Å². The molecule has 1 aliphatic rings. The van der Waals surface area contributed by atoms with Crippen LogP contribution in [-0.2, 0) is 0 Å². The Balaban J connectivity index is 1.39. The summed E-state index contributed by atoms with van der Waals surface area (Å²) in [6.07, 6.45) is 2.66. The molecule has 0 bridgehead atoms. The zero-order chi connectivity index (χ0) is 21.5. The standard InChI is InChI=1S/C24H24N6O/c1-14-3-5-20-19(9-14)23(29-28-20)24(31)30-8-7-17(13-30)21-11-18(10-15(2)27-21)16-4-6-22(25)26-12-16/h3-6,9-12,17H,7-8,13H2,1-2H3,(H2,25,26)(H,28,29)/t17-/m0/s1. The Labute approximate surface area is 180 Å². The summed E-state index contributed by atoms with van der Waals surface area (Å²) in [7, 11) is 0. The summed E-state index contributed by atoms with van der Waals surface area (Å²) in [6.45, 7) is 5.34. The molecule has 1 amide bonds. The van der Waals surface area contributed by atoms with Crippen LogP contribution < -0.4 is 5.73 Å². The molecule has 1 saturated heterocycles. The minimum absolute atomic E-state index is 0.0324. The third kappa shape index (κ3) is 3.63. The van der Waals surface area contributed by atoms with Crippen LogP contribution in [0.4, 0.5) is 5.82 Å². The summed E-state index contributed by atoms with van der Waals surface area (Å²) in [5.74, 6) is 0.659. The van der Waals surface area contributed by atoms with Gasteiger partial charge in [0.2, 0.25) is 0 Å². The molecule has 4 heterocycles. The van der Waals surface area contributed by atoms with Crippen LogP contribution in [0.1, 0.15) is 39.8 Å². The maximum Gasteiger partial charge on any atom is 0.275 e. The third-order valence-corrected chi connectivity index (χ3v) is 5.91. The van der Waals surface area contributed by atoms with Crippen molar-refractivity contribution in [1.29, 1.82) is 0 Å². The fraction of sp³-hybridized carbons (Fsp3) is 0.250. The molecular weight excluding hydrogens is 388 g/mol. The molecular formula is C24H24N6O. The summed E-state index contributed by atoms with van der Waals surface area (Å²) in [6, 6.07) is 13.9. The van der Waals surface area contributed by atoms with E-state index in [2.05, 4.69) is 21.2 Å². The van der Waals surface area contributed by atoms with Gasteiger partial charge in [0.1, 0.15) is 5.82 Å². The average Bonchev–Trinajstić information content (AvgIpc) is 3.41. The van der Waals surface area contributed by atoms with Gasteiger partial charge in [0.25, 0.3) is 5.91 Å². The Hall–Kier alpha value is -3.74. The van der Waals surface area contributed by atoms with Crippen molar-refractivity contribution in [3.05, 3.63) is 71.3 Å². The first-order chi connectivity index (χ1) is 15.0. The highest BCUT2D eigenvalue weighted by molar-refractivity contribution is 6.04. The molecule has 4 aromatic rings. The number of fused-ring (bicyclic) bond motifs is 1. The lowest BCUT2D eigenvalue weighted by Gasteiger charge is -2.16. The normalized spacial score (nSPS) is 16.2. The summed E-state index contributed by atoms with van der Waals surface area (Å²) in [5, 5.41) is 8.15. The Morgan fingerprint density at radius 2 is 2.00 bits per heavy atom. The minimum atomic E-state index is -0.0324. The molecule has 0 radical (unpaired) electrons. The minimum Gasteiger partial charge on any atom is -0.384 e. The van der Waals surface area contributed by atoms with Crippen molar-refractivity contribution in [2.45, 2.75) is 26.2 Å². The smallest absolute Gasteiger partial charge is 0.275 e. The molecule has 3 aromatic heterocycles. The number of carbonyl (C=O) groups excluding carboxylic acids is 1. The first-order valence-corrected chi connectivity index (χ1v) is 10.4. The van der Waals surface area contributed by atoms with Crippen LogP contribution >= 0.6 is 0 Å². The maximum atomic E-state index is 13.2. The van der Waals surface area contributed by atoms with E-state index < -0.39 is 0 Å². The van der Waals surface area contributed by atoms with E-state index in [0.29, 0.717) is 24.6 Å². The highest BCUT2D eigenvalue weighted by atomic mass is 16.2. The molecule has 3 N–H and O–H groups in total. The van der Waals surface area contributed by atoms with E-state index in [0.717, 1.165) is 45.4 Å². The average molecular weight is 412 g/mol. The highest BCUT2D eigenvalue weighted by Crippen LogP contribution is 2.31. The van der Waals surface area contributed by atoms with Crippen LogP contribution in [0.15, 0.2) is 48.7 Å². The van der Waals surface area contributed by atoms with E-state index in [1.54, 1.807) is 12.3 Å². The van der Waals surface area contributed by atoms with Crippen LogP contribution in [0, 0.1) is 13.8 Å². The number of aryl methyl sites for hydroxylation is 2. The lowest BCUT2D eigenvalue weighted by atomic mass is 9.99.